The summed E-state index contributed by atoms with van der Waals surface area (Å²) in [4.78, 5) is 14.7. The number of amides is 1. The minimum atomic E-state index is -0.146. The summed E-state index contributed by atoms with van der Waals surface area (Å²) in [5.74, 6) is 1.12. The van der Waals surface area contributed by atoms with Gasteiger partial charge in [0.25, 0.3) is 5.91 Å². The molecule has 2 aromatic rings. The van der Waals surface area contributed by atoms with E-state index in [1.807, 2.05) is 24.3 Å². The smallest absolute Gasteiger partial charge is 0.258 e. The first-order valence-electron chi connectivity index (χ1n) is 10.7. The summed E-state index contributed by atoms with van der Waals surface area (Å²) in [7, 11) is 0. The average molecular weight is 397 g/mol. The minimum absolute atomic E-state index is 0.0282. The fourth-order valence-corrected chi connectivity index (χ4v) is 3.43. The molecule has 0 saturated carbocycles. The minimum Gasteiger partial charge on any atom is -0.490 e. The van der Waals surface area contributed by atoms with Crippen LogP contribution in [0.4, 0.5) is 0 Å². The lowest BCUT2D eigenvalue weighted by Gasteiger charge is -2.26. The molecule has 1 aliphatic rings. The van der Waals surface area contributed by atoms with Crippen molar-refractivity contribution in [2.75, 3.05) is 26.3 Å². The molecular weight excluding hydrogens is 364 g/mol. The number of carbonyl (C=O) groups is 1. The molecule has 0 unspecified atom stereocenters. The third-order valence-electron chi connectivity index (χ3n) is 5.04. The topological polar surface area (TPSA) is 50.8 Å². The molecular formula is C24H32N2O3. The van der Waals surface area contributed by atoms with Crippen LogP contribution in [0.15, 0.2) is 48.5 Å². The van der Waals surface area contributed by atoms with E-state index in [9.17, 15) is 4.79 Å². The van der Waals surface area contributed by atoms with Gasteiger partial charge in [-0.25, -0.2) is 0 Å². The van der Waals surface area contributed by atoms with E-state index >= 15 is 0 Å². The molecule has 1 aliphatic heterocycles. The van der Waals surface area contributed by atoms with Crippen LogP contribution in [0.5, 0.6) is 11.5 Å². The summed E-state index contributed by atoms with van der Waals surface area (Å²) in [6.07, 6.45) is 4.89. The molecule has 3 rings (SSSR count). The number of hydrogen-bond donors (Lipinski definition) is 1. The fourth-order valence-electron chi connectivity index (χ4n) is 3.43. The molecule has 1 saturated heterocycles. The highest BCUT2D eigenvalue weighted by molar-refractivity contribution is 5.77. The van der Waals surface area contributed by atoms with Gasteiger partial charge >= 0.3 is 0 Å². The largest absolute Gasteiger partial charge is 0.490 e. The first kappa shape index (κ1) is 21.2. The molecule has 0 aromatic heterocycles. The first-order chi connectivity index (χ1) is 14.2. The van der Waals surface area contributed by atoms with Gasteiger partial charge in [-0.2, -0.15) is 0 Å². The third kappa shape index (κ3) is 7.09. The van der Waals surface area contributed by atoms with Crippen LogP contribution in [-0.4, -0.2) is 37.1 Å². The molecule has 1 amide bonds. The van der Waals surface area contributed by atoms with E-state index in [0.29, 0.717) is 24.7 Å². The zero-order chi connectivity index (χ0) is 20.3. The van der Waals surface area contributed by atoms with Crippen LogP contribution in [0.3, 0.4) is 0 Å². The number of likely N-dealkylation sites (tertiary alicyclic amines) is 1. The van der Waals surface area contributed by atoms with Crippen molar-refractivity contribution in [1.82, 2.24) is 10.2 Å². The zero-order valence-corrected chi connectivity index (χ0v) is 17.4. The molecule has 2 aromatic carbocycles. The van der Waals surface area contributed by atoms with Crippen molar-refractivity contribution < 1.29 is 14.3 Å². The van der Waals surface area contributed by atoms with Gasteiger partial charge in [0.2, 0.25) is 0 Å². The Hall–Kier alpha value is -2.53. The van der Waals surface area contributed by atoms with E-state index in [1.54, 1.807) is 0 Å². The molecule has 1 N–H and O–H groups in total. The highest BCUT2D eigenvalue weighted by Crippen LogP contribution is 2.26. The van der Waals surface area contributed by atoms with Crippen LogP contribution >= 0.6 is 0 Å². The lowest BCUT2D eigenvalue weighted by atomic mass is 10.1. The fraction of sp³-hybridized carbons (Fsp3) is 0.458. The van der Waals surface area contributed by atoms with Crippen molar-refractivity contribution >= 4 is 5.91 Å². The van der Waals surface area contributed by atoms with E-state index in [1.165, 1.54) is 37.9 Å². The Morgan fingerprint density at radius 3 is 2.28 bits per heavy atom. The third-order valence-corrected chi connectivity index (χ3v) is 5.04. The van der Waals surface area contributed by atoms with Crippen LogP contribution in [0.2, 0.25) is 0 Å². The number of nitrogens with one attached hydrogen (secondary N) is 1. The van der Waals surface area contributed by atoms with Crippen molar-refractivity contribution in [3.8, 4) is 11.5 Å². The molecule has 156 valence electrons. The molecule has 0 radical (unpaired) electrons. The molecule has 0 bridgehead atoms. The molecule has 0 spiro atoms. The standard InChI is InChI=1S/C24H32N2O3/c1-2-16-28-22-8-4-5-9-23(22)29-19-24(27)25-17-20-10-12-21(13-11-20)18-26-14-6-3-7-15-26/h4-5,8-13H,2-3,6-7,14-19H2,1H3,(H,25,27). The highest BCUT2D eigenvalue weighted by atomic mass is 16.5. The second kappa shape index (κ2) is 11.5. The summed E-state index contributed by atoms with van der Waals surface area (Å²) in [6, 6.07) is 15.9. The molecule has 1 fully saturated rings. The number of hydrogen-bond acceptors (Lipinski definition) is 4. The van der Waals surface area contributed by atoms with Crippen LogP contribution < -0.4 is 14.8 Å². The highest BCUT2D eigenvalue weighted by Gasteiger charge is 2.11. The molecule has 5 heteroatoms. The Morgan fingerprint density at radius 1 is 0.931 bits per heavy atom. The lowest BCUT2D eigenvalue weighted by Crippen LogP contribution is -2.29. The Labute approximate surface area is 174 Å². The summed E-state index contributed by atoms with van der Waals surface area (Å²) >= 11 is 0. The van der Waals surface area contributed by atoms with Gasteiger partial charge in [0.05, 0.1) is 6.61 Å². The maximum Gasteiger partial charge on any atom is 0.258 e. The maximum atomic E-state index is 12.2. The number of para-hydroxylation sites is 2. The van der Waals surface area contributed by atoms with Crippen LogP contribution in [0, 0.1) is 0 Å². The monoisotopic (exact) mass is 396 g/mol. The van der Waals surface area contributed by atoms with Crippen molar-refractivity contribution in [1.29, 1.82) is 0 Å². The Balaban J connectivity index is 1.41. The second-order valence-corrected chi connectivity index (χ2v) is 7.51. The lowest BCUT2D eigenvalue weighted by molar-refractivity contribution is -0.123. The van der Waals surface area contributed by atoms with Crippen molar-refractivity contribution in [2.45, 2.75) is 45.7 Å². The van der Waals surface area contributed by atoms with Gasteiger partial charge in [-0.15, -0.1) is 0 Å². The van der Waals surface area contributed by atoms with Crippen LogP contribution in [0.1, 0.15) is 43.7 Å². The molecule has 0 aliphatic carbocycles. The average Bonchev–Trinajstić information content (AvgIpc) is 2.77. The van der Waals surface area contributed by atoms with Gasteiger partial charge in [-0.1, -0.05) is 49.7 Å². The van der Waals surface area contributed by atoms with E-state index < -0.39 is 0 Å². The number of rotatable bonds is 10. The molecule has 1 heterocycles. The summed E-state index contributed by atoms with van der Waals surface area (Å²) < 4.78 is 11.3. The van der Waals surface area contributed by atoms with Crippen molar-refractivity contribution in [3.05, 3.63) is 59.7 Å². The van der Waals surface area contributed by atoms with E-state index in [-0.39, 0.29) is 12.5 Å². The number of benzene rings is 2. The molecule has 0 atom stereocenters. The summed E-state index contributed by atoms with van der Waals surface area (Å²) in [6.45, 7) is 6.56. The number of ether oxygens (including phenoxy) is 2. The van der Waals surface area contributed by atoms with E-state index in [0.717, 1.165) is 18.5 Å². The SMILES string of the molecule is CCCOc1ccccc1OCC(=O)NCc1ccc(CN2CCCCC2)cc1. The molecule has 29 heavy (non-hydrogen) atoms. The maximum absolute atomic E-state index is 12.2. The summed E-state index contributed by atoms with van der Waals surface area (Å²) in [5.41, 5.74) is 2.42. The normalized spacial score (nSPS) is 14.4. The van der Waals surface area contributed by atoms with Gasteiger partial charge in [0, 0.05) is 13.1 Å². The Kier molecular flexibility index (Phi) is 8.38. The zero-order valence-electron chi connectivity index (χ0n) is 17.4. The Bertz CT molecular complexity index is 755. The van der Waals surface area contributed by atoms with Crippen molar-refractivity contribution in [3.63, 3.8) is 0 Å². The van der Waals surface area contributed by atoms with Gasteiger partial charge in [-0.05, 0) is 55.6 Å². The number of carbonyl (C=O) groups excluding carboxylic acids is 1. The first-order valence-corrected chi connectivity index (χ1v) is 10.7. The predicted molar refractivity (Wildman–Crippen MR) is 115 cm³/mol. The Morgan fingerprint density at radius 2 is 1.59 bits per heavy atom. The van der Waals surface area contributed by atoms with Gasteiger partial charge in [-0.3, -0.25) is 9.69 Å². The van der Waals surface area contributed by atoms with Crippen LogP contribution in [-0.2, 0) is 17.9 Å². The van der Waals surface area contributed by atoms with E-state index in [4.69, 9.17) is 9.47 Å². The van der Waals surface area contributed by atoms with E-state index in [2.05, 4.69) is 41.4 Å². The number of piperidine rings is 1. The van der Waals surface area contributed by atoms with Crippen molar-refractivity contribution in [2.24, 2.45) is 0 Å². The van der Waals surface area contributed by atoms with Gasteiger partial charge in [0.1, 0.15) is 0 Å². The summed E-state index contributed by atoms with van der Waals surface area (Å²) in [5, 5.41) is 2.92. The quantitative estimate of drug-likeness (QED) is 0.655. The van der Waals surface area contributed by atoms with Gasteiger partial charge < -0.3 is 14.8 Å². The molecule has 5 nitrogen and oxygen atoms in total. The number of nitrogens with zero attached hydrogens (tertiary/aromatic N) is 1. The second-order valence-electron chi connectivity index (χ2n) is 7.51. The predicted octanol–water partition coefficient (Wildman–Crippen LogP) is 4.16. The van der Waals surface area contributed by atoms with Crippen LogP contribution in [0.25, 0.3) is 0 Å². The van der Waals surface area contributed by atoms with Gasteiger partial charge in [0.15, 0.2) is 18.1 Å².